The van der Waals surface area contributed by atoms with E-state index in [1.807, 2.05) is 30.3 Å². The van der Waals surface area contributed by atoms with E-state index >= 15 is 0 Å². The zero-order chi connectivity index (χ0) is 20.5. The van der Waals surface area contributed by atoms with Crippen molar-refractivity contribution in [2.24, 2.45) is 28.3 Å². The summed E-state index contributed by atoms with van der Waals surface area (Å²) in [5, 5.41) is 10.4. The van der Waals surface area contributed by atoms with Gasteiger partial charge in [-0.05, 0) is 63.2 Å². The first-order chi connectivity index (χ1) is 14.5. The maximum atomic E-state index is 12.4. The molecule has 1 aliphatic heterocycles. The third-order valence-electron chi connectivity index (χ3n) is 7.58. The van der Waals surface area contributed by atoms with Crippen LogP contribution < -0.4 is 0 Å². The number of hydrogen-bond acceptors (Lipinski definition) is 5. The number of rotatable bonds is 3. The average molecular weight is 405 g/mol. The molecule has 6 heteroatoms. The van der Waals surface area contributed by atoms with Gasteiger partial charge in [0, 0.05) is 24.0 Å². The number of carbonyl (C=O) groups excluding carboxylic acids is 1. The number of aryl methyl sites for hydroxylation is 1. The second-order valence-electron chi connectivity index (χ2n) is 9.92. The van der Waals surface area contributed by atoms with E-state index in [0.717, 1.165) is 48.5 Å². The number of ether oxygens (including phenoxy) is 1. The van der Waals surface area contributed by atoms with E-state index in [0.29, 0.717) is 11.5 Å². The molecule has 0 N–H and O–H groups in total. The van der Waals surface area contributed by atoms with Crippen LogP contribution in [0, 0.1) is 30.1 Å². The Labute approximate surface area is 176 Å². The van der Waals surface area contributed by atoms with Crippen molar-refractivity contribution < 1.29 is 14.1 Å². The van der Waals surface area contributed by atoms with Crippen LogP contribution in [-0.4, -0.2) is 22.0 Å². The molecule has 0 spiro atoms. The highest BCUT2D eigenvalue weighted by Gasteiger charge is 2.56. The highest BCUT2D eigenvalue weighted by Crippen LogP contribution is 2.61. The van der Waals surface area contributed by atoms with Gasteiger partial charge in [0.1, 0.15) is 5.69 Å². The highest BCUT2D eigenvalue weighted by molar-refractivity contribution is 5.87. The Morgan fingerprint density at radius 1 is 1.07 bits per heavy atom. The molecule has 156 valence electrons. The monoisotopic (exact) mass is 405 g/mol. The fourth-order valence-electron chi connectivity index (χ4n) is 6.61. The molecule has 0 saturated heterocycles. The zero-order valence-electron chi connectivity index (χ0n) is 17.5. The summed E-state index contributed by atoms with van der Waals surface area (Å²) in [6, 6.07) is 9.97. The highest BCUT2D eigenvalue weighted by atomic mass is 16.5. The number of benzene rings is 1. The van der Waals surface area contributed by atoms with Crippen LogP contribution in [0.15, 0.2) is 40.0 Å². The van der Waals surface area contributed by atoms with Crippen molar-refractivity contribution in [3.63, 3.8) is 0 Å². The number of amides is 1. The molecule has 4 fully saturated rings. The number of aromatic nitrogens is 1. The summed E-state index contributed by atoms with van der Waals surface area (Å²) < 4.78 is 12.0. The topological polar surface area (TPSA) is 67.9 Å². The van der Waals surface area contributed by atoms with Crippen LogP contribution in [0.3, 0.4) is 0 Å². The second kappa shape index (κ2) is 6.43. The SMILES string of the molecule is CC(=O)N1N=C(C23CC4CC(CC(C4)C2)C3)OC1c1cc(-c2ccc(C)cc2)on1. The minimum Gasteiger partial charge on any atom is -0.447 e. The molecule has 1 amide bonds. The standard InChI is InChI=1S/C24H27N3O3/c1-14-3-5-19(6-4-14)21-10-20(26-30-21)22-27(15(2)28)25-23(29-22)24-11-16-7-17(12-24)9-18(8-16)13-24/h3-6,10,16-18,22H,7-9,11-13H2,1-2H3. The third kappa shape index (κ3) is 2.80. The van der Waals surface area contributed by atoms with Crippen LogP contribution in [0.2, 0.25) is 0 Å². The summed E-state index contributed by atoms with van der Waals surface area (Å²) >= 11 is 0. The number of hydrogen-bond donors (Lipinski definition) is 0. The number of hydrazone groups is 1. The zero-order valence-corrected chi connectivity index (χ0v) is 17.5. The van der Waals surface area contributed by atoms with Crippen LogP contribution in [-0.2, 0) is 9.53 Å². The molecule has 1 aromatic heterocycles. The van der Waals surface area contributed by atoms with E-state index in [-0.39, 0.29) is 11.3 Å². The molecule has 7 rings (SSSR count). The largest absolute Gasteiger partial charge is 0.447 e. The van der Waals surface area contributed by atoms with Crippen molar-refractivity contribution in [2.45, 2.75) is 58.6 Å². The van der Waals surface area contributed by atoms with Gasteiger partial charge in [0.05, 0.1) is 0 Å². The molecular weight excluding hydrogens is 378 g/mol. The van der Waals surface area contributed by atoms with Crippen LogP contribution in [0.5, 0.6) is 0 Å². The summed E-state index contributed by atoms with van der Waals surface area (Å²) in [5.74, 6) is 3.63. The smallest absolute Gasteiger partial charge is 0.243 e. The summed E-state index contributed by atoms with van der Waals surface area (Å²) in [6.45, 7) is 3.58. The fraction of sp³-hybridized carbons (Fsp3) is 0.542. The summed E-state index contributed by atoms with van der Waals surface area (Å²) in [6.07, 6.45) is 6.85. The van der Waals surface area contributed by atoms with Gasteiger partial charge in [-0.3, -0.25) is 4.79 Å². The Morgan fingerprint density at radius 3 is 2.30 bits per heavy atom. The molecule has 4 aliphatic carbocycles. The summed E-state index contributed by atoms with van der Waals surface area (Å²) in [7, 11) is 0. The predicted molar refractivity (Wildman–Crippen MR) is 111 cm³/mol. The van der Waals surface area contributed by atoms with Crippen molar-refractivity contribution in [1.29, 1.82) is 0 Å². The lowest BCUT2D eigenvalue weighted by atomic mass is 9.49. The Kier molecular flexibility index (Phi) is 3.89. The lowest BCUT2D eigenvalue weighted by Crippen LogP contribution is -2.50. The molecule has 4 bridgehead atoms. The Hall–Kier alpha value is -2.63. The van der Waals surface area contributed by atoms with Gasteiger partial charge in [0.2, 0.25) is 18.0 Å². The van der Waals surface area contributed by atoms with Crippen molar-refractivity contribution in [2.75, 3.05) is 0 Å². The van der Waals surface area contributed by atoms with Crippen LogP contribution in [0.4, 0.5) is 0 Å². The number of nitrogens with zero attached hydrogens (tertiary/aromatic N) is 3. The fourth-order valence-corrected chi connectivity index (χ4v) is 6.61. The van der Waals surface area contributed by atoms with Gasteiger partial charge in [-0.2, -0.15) is 5.01 Å². The van der Waals surface area contributed by atoms with Gasteiger partial charge in [-0.1, -0.05) is 35.0 Å². The molecular formula is C24H27N3O3. The van der Waals surface area contributed by atoms with E-state index in [2.05, 4.69) is 12.1 Å². The van der Waals surface area contributed by atoms with Crippen molar-refractivity contribution in [1.82, 2.24) is 10.2 Å². The third-order valence-corrected chi connectivity index (χ3v) is 7.58. The summed E-state index contributed by atoms with van der Waals surface area (Å²) in [5.41, 5.74) is 2.73. The van der Waals surface area contributed by atoms with Crippen LogP contribution in [0.1, 0.15) is 62.9 Å². The molecule has 0 radical (unpaired) electrons. The van der Waals surface area contributed by atoms with E-state index in [1.165, 1.54) is 36.8 Å². The molecule has 1 atom stereocenters. The molecule has 1 unspecified atom stereocenters. The van der Waals surface area contributed by atoms with Crippen LogP contribution in [0.25, 0.3) is 11.3 Å². The van der Waals surface area contributed by atoms with Gasteiger partial charge in [0.25, 0.3) is 0 Å². The Balaban J connectivity index is 1.30. The van der Waals surface area contributed by atoms with E-state index in [1.54, 1.807) is 0 Å². The van der Waals surface area contributed by atoms with Gasteiger partial charge < -0.3 is 9.26 Å². The molecule has 30 heavy (non-hydrogen) atoms. The quantitative estimate of drug-likeness (QED) is 0.716. The van der Waals surface area contributed by atoms with Crippen molar-refractivity contribution in [3.05, 3.63) is 41.6 Å². The minimum absolute atomic E-state index is 0.000717. The Morgan fingerprint density at radius 2 is 1.70 bits per heavy atom. The van der Waals surface area contributed by atoms with Gasteiger partial charge >= 0.3 is 0 Å². The first-order valence-corrected chi connectivity index (χ1v) is 11.1. The molecule has 1 aromatic carbocycles. The lowest BCUT2D eigenvalue weighted by Gasteiger charge is -2.55. The first kappa shape index (κ1) is 18.2. The second-order valence-corrected chi connectivity index (χ2v) is 9.92. The van der Waals surface area contributed by atoms with E-state index < -0.39 is 6.23 Å². The lowest BCUT2D eigenvalue weighted by molar-refractivity contribution is -0.135. The van der Waals surface area contributed by atoms with E-state index in [4.69, 9.17) is 14.4 Å². The average Bonchev–Trinajstić information content (AvgIpc) is 3.35. The maximum absolute atomic E-state index is 12.4. The predicted octanol–water partition coefficient (Wildman–Crippen LogP) is 5.06. The molecule has 6 nitrogen and oxygen atoms in total. The minimum atomic E-state index is -0.645. The number of carbonyl (C=O) groups is 1. The van der Waals surface area contributed by atoms with Gasteiger partial charge in [-0.25, -0.2) is 0 Å². The van der Waals surface area contributed by atoms with E-state index in [9.17, 15) is 4.79 Å². The molecule has 2 heterocycles. The van der Waals surface area contributed by atoms with Gasteiger partial charge in [-0.15, -0.1) is 5.10 Å². The molecule has 4 saturated carbocycles. The molecule has 2 aromatic rings. The first-order valence-electron chi connectivity index (χ1n) is 11.1. The van der Waals surface area contributed by atoms with Gasteiger partial charge in [0.15, 0.2) is 5.76 Å². The Bertz CT molecular complexity index is 987. The van der Waals surface area contributed by atoms with Crippen LogP contribution >= 0.6 is 0 Å². The van der Waals surface area contributed by atoms with Crippen molar-refractivity contribution in [3.8, 4) is 11.3 Å². The normalized spacial score (nSPS) is 34.2. The summed E-state index contributed by atoms with van der Waals surface area (Å²) in [4.78, 5) is 12.4. The van der Waals surface area contributed by atoms with Crippen molar-refractivity contribution >= 4 is 11.8 Å². The molecule has 5 aliphatic rings. The maximum Gasteiger partial charge on any atom is 0.243 e.